The van der Waals surface area contributed by atoms with E-state index in [0.717, 1.165) is 62.1 Å². The van der Waals surface area contributed by atoms with E-state index in [1.165, 1.54) is 6.21 Å². The molecule has 1 aliphatic heterocycles. The van der Waals surface area contributed by atoms with Crippen molar-refractivity contribution in [1.82, 2.24) is 15.2 Å². The van der Waals surface area contributed by atoms with Gasteiger partial charge in [-0.25, -0.2) is 5.43 Å². The maximum absolute atomic E-state index is 12.3. The third-order valence-corrected chi connectivity index (χ3v) is 6.09. The van der Waals surface area contributed by atoms with E-state index in [9.17, 15) is 9.90 Å². The molecule has 2 N–H and O–H groups in total. The maximum Gasteiger partial charge on any atom is 0.254 e. The zero-order valence-electron chi connectivity index (χ0n) is 18.8. The molecular formula is C24H32ClN5O2. The molecular weight excluding hydrogens is 426 g/mol. The Morgan fingerprint density at radius 3 is 2.47 bits per heavy atom. The third kappa shape index (κ3) is 6.69. The van der Waals surface area contributed by atoms with Crippen LogP contribution in [0, 0.1) is 0 Å². The fourth-order valence-corrected chi connectivity index (χ4v) is 4.01. The number of hydrogen-bond acceptors (Lipinski definition) is 6. The van der Waals surface area contributed by atoms with Crippen LogP contribution in [0.4, 0.5) is 5.69 Å². The molecule has 8 heteroatoms. The first-order valence-electron chi connectivity index (χ1n) is 11.1. The third-order valence-electron chi connectivity index (χ3n) is 5.72. The van der Waals surface area contributed by atoms with Crippen LogP contribution in [0.5, 0.6) is 5.75 Å². The summed E-state index contributed by atoms with van der Waals surface area (Å²) in [5, 5.41) is 15.1. The summed E-state index contributed by atoms with van der Waals surface area (Å²) in [6, 6.07) is 13.4. The number of hydrazone groups is 1. The predicted octanol–water partition coefficient (Wildman–Crippen LogP) is 3.16. The minimum Gasteiger partial charge on any atom is -0.507 e. The van der Waals surface area contributed by atoms with Crippen molar-refractivity contribution in [3.05, 3.63) is 58.6 Å². The highest BCUT2D eigenvalue weighted by atomic mass is 35.5. The van der Waals surface area contributed by atoms with Crippen molar-refractivity contribution in [3.63, 3.8) is 0 Å². The zero-order chi connectivity index (χ0) is 22.9. The molecule has 1 saturated heterocycles. The van der Waals surface area contributed by atoms with Crippen LogP contribution >= 0.6 is 11.6 Å². The van der Waals surface area contributed by atoms with Gasteiger partial charge in [0.15, 0.2) is 0 Å². The molecule has 1 fully saturated rings. The summed E-state index contributed by atoms with van der Waals surface area (Å²) in [4.78, 5) is 18.9. The number of benzene rings is 2. The second-order valence-corrected chi connectivity index (χ2v) is 8.26. The lowest BCUT2D eigenvalue weighted by molar-refractivity contribution is -0.122. The molecule has 2 aromatic carbocycles. The number of anilines is 1. The summed E-state index contributed by atoms with van der Waals surface area (Å²) in [6.07, 6.45) is 1.47. The van der Waals surface area contributed by atoms with Crippen LogP contribution in [-0.4, -0.2) is 72.8 Å². The monoisotopic (exact) mass is 457 g/mol. The van der Waals surface area contributed by atoms with Gasteiger partial charge < -0.3 is 10.0 Å². The van der Waals surface area contributed by atoms with Gasteiger partial charge in [0.1, 0.15) is 5.75 Å². The highest BCUT2D eigenvalue weighted by molar-refractivity contribution is 6.31. The van der Waals surface area contributed by atoms with Gasteiger partial charge in [-0.05, 0) is 37.6 Å². The number of piperazine rings is 1. The van der Waals surface area contributed by atoms with E-state index in [0.29, 0.717) is 12.1 Å². The van der Waals surface area contributed by atoms with E-state index < -0.39 is 0 Å². The molecule has 0 aliphatic carbocycles. The number of carbonyl (C=O) groups excluding carboxylic acids is 1. The van der Waals surface area contributed by atoms with E-state index in [-0.39, 0.29) is 11.7 Å². The van der Waals surface area contributed by atoms with Gasteiger partial charge >= 0.3 is 0 Å². The van der Waals surface area contributed by atoms with Crippen LogP contribution < -0.4 is 10.3 Å². The van der Waals surface area contributed by atoms with Gasteiger partial charge in [-0.3, -0.25) is 14.6 Å². The van der Waals surface area contributed by atoms with Crippen molar-refractivity contribution in [3.8, 4) is 5.75 Å². The molecule has 7 nitrogen and oxygen atoms in total. The number of phenols is 1. The number of nitrogens with one attached hydrogen (secondary N) is 1. The highest BCUT2D eigenvalue weighted by Gasteiger charge is 2.19. The van der Waals surface area contributed by atoms with Gasteiger partial charge in [-0.2, -0.15) is 5.10 Å². The van der Waals surface area contributed by atoms with Gasteiger partial charge in [-0.15, -0.1) is 0 Å². The first-order valence-corrected chi connectivity index (χ1v) is 11.5. The molecule has 1 amide bonds. The number of amides is 1. The van der Waals surface area contributed by atoms with Crippen LogP contribution in [-0.2, 0) is 11.3 Å². The topological polar surface area (TPSA) is 71.4 Å². The molecule has 0 spiro atoms. The summed E-state index contributed by atoms with van der Waals surface area (Å²) in [7, 11) is 0. The van der Waals surface area contributed by atoms with Crippen molar-refractivity contribution in [2.45, 2.75) is 20.4 Å². The van der Waals surface area contributed by atoms with E-state index in [1.54, 1.807) is 12.1 Å². The summed E-state index contributed by atoms with van der Waals surface area (Å²) in [5.74, 6) is -0.0258. The zero-order valence-corrected chi connectivity index (χ0v) is 19.6. The van der Waals surface area contributed by atoms with Crippen LogP contribution in [0.25, 0.3) is 0 Å². The minimum absolute atomic E-state index is 0.141. The van der Waals surface area contributed by atoms with Crippen LogP contribution in [0.15, 0.2) is 47.6 Å². The Kier molecular flexibility index (Phi) is 8.90. The Balaban J connectivity index is 1.43. The van der Waals surface area contributed by atoms with Crippen LogP contribution in [0.3, 0.4) is 0 Å². The second kappa shape index (κ2) is 11.9. The molecule has 0 unspecified atom stereocenters. The Labute approximate surface area is 195 Å². The Morgan fingerprint density at radius 2 is 1.81 bits per heavy atom. The summed E-state index contributed by atoms with van der Waals surface area (Å²) in [6.45, 7) is 10.4. The average molecular weight is 458 g/mol. The molecule has 0 aromatic heterocycles. The fraction of sp³-hybridized carbons (Fsp3) is 0.417. The lowest BCUT2D eigenvalue weighted by atomic mass is 10.2. The molecule has 0 radical (unpaired) electrons. The number of phenolic OH excluding ortho intramolecular Hbond substituents is 1. The molecule has 2 aromatic rings. The van der Waals surface area contributed by atoms with Gasteiger partial charge in [0.25, 0.3) is 5.91 Å². The summed E-state index contributed by atoms with van der Waals surface area (Å²) < 4.78 is 0. The highest BCUT2D eigenvalue weighted by Crippen LogP contribution is 2.23. The fourth-order valence-electron chi connectivity index (χ4n) is 3.81. The molecule has 172 valence electrons. The molecule has 0 saturated carbocycles. The predicted molar refractivity (Wildman–Crippen MR) is 131 cm³/mol. The molecule has 32 heavy (non-hydrogen) atoms. The Hall–Kier alpha value is -2.61. The first kappa shape index (κ1) is 24.0. The number of aromatic hydroxyl groups is 1. The van der Waals surface area contributed by atoms with E-state index in [4.69, 9.17) is 11.6 Å². The van der Waals surface area contributed by atoms with Crippen molar-refractivity contribution in [2.24, 2.45) is 5.10 Å². The number of halogens is 1. The lowest BCUT2D eigenvalue weighted by Crippen LogP contribution is -2.48. The van der Waals surface area contributed by atoms with Crippen molar-refractivity contribution in [1.29, 1.82) is 0 Å². The van der Waals surface area contributed by atoms with Gasteiger partial charge in [0, 0.05) is 68.2 Å². The van der Waals surface area contributed by atoms with Crippen molar-refractivity contribution >= 4 is 29.4 Å². The quantitative estimate of drug-likeness (QED) is 0.447. The lowest BCUT2D eigenvalue weighted by Gasteiger charge is -2.34. The Bertz CT molecular complexity index is 924. The van der Waals surface area contributed by atoms with Gasteiger partial charge in [0.05, 0.1) is 12.8 Å². The standard InChI is InChI=1S/C24H32ClN5O2/c1-3-30(4-2)21-10-9-19(23(31)15-21)16-26-27-24(32)18-29-13-11-28(12-14-29)17-20-7-5-6-8-22(20)25/h5-10,15-16,31H,3-4,11-14,17-18H2,1-2H3,(H,27,32). The first-order chi connectivity index (χ1) is 15.5. The van der Waals surface area contributed by atoms with Crippen molar-refractivity contribution < 1.29 is 9.90 Å². The molecule has 3 rings (SSSR count). The van der Waals surface area contributed by atoms with Gasteiger partial charge in [0.2, 0.25) is 0 Å². The van der Waals surface area contributed by atoms with Crippen LogP contribution in [0.2, 0.25) is 5.02 Å². The number of rotatable bonds is 9. The maximum atomic E-state index is 12.3. The minimum atomic E-state index is -0.167. The van der Waals surface area contributed by atoms with E-state index in [1.807, 2.05) is 24.3 Å². The number of nitrogens with zero attached hydrogens (tertiary/aromatic N) is 4. The van der Waals surface area contributed by atoms with E-state index >= 15 is 0 Å². The molecule has 1 heterocycles. The summed E-state index contributed by atoms with van der Waals surface area (Å²) >= 11 is 6.26. The largest absolute Gasteiger partial charge is 0.507 e. The molecule has 0 bridgehead atoms. The number of hydrogen-bond donors (Lipinski definition) is 2. The SMILES string of the molecule is CCN(CC)c1ccc(C=NNC(=O)CN2CCN(Cc3ccccc3Cl)CC2)c(O)c1. The molecule has 1 aliphatic rings. The average Bonchev–Trinajstić information content (AvgIpc) is 2.79. The summed E-state index contributed by atoms with van der Waals surface area (Å²) in [5.41, 5.74) is 5.21. The smallest absolute Gasteiger partial charge is 0.254 e. The van der Waals surface area contributed by atoms with Crippen LogP contribution in [0.1, 0.15) is 25.0 Å². The van der Waals surface area contributed by atoms with Crippen molar-refractivity contribution in [2.75, 3.05) is 50.7 Å². The second-order valence-electron chi connectivity index (χ2n) is 7.85. The molecule has 0 atom stereocenters. The van der Waals surface area contributed by atoms with E-state index in [2.05, 4.69) is 45.1 Å². The van der Waals surface area contributed by atoms with Gasteiger partial charge in [-0.1, -0.05) is 29.8 Å². The normalized spacial score (nSPS) is 15.2. The Morgan fingerprint density at radius 1 is 1.12 bits per heavy atom. The number of carbonyl (C=O) groups is 1.